The molecule has 184 valence electrons. The molecule has 2 aromatic heterocycles. The van der Waals surface area contributed by atoms with E-state index in [4.69, 9.17) is 5.10 Å². The summed E-state index contributed by atoms with van der Waals surface area (Å²) < 4.78 is 1.90. The van der Waals surface area contributed by atoms with E-state index in [2.05, 4.69) is 56.7 Å². The van der Waals surface area contributed by atoms with E-state index in [0.717, 1.165) is 54.3 Å². The highest BCUT2D eigenvalue weighted by Crippen LogP contribution is 2.48. The minimum Gasteiger partial charge on any atom is -0.341 e. The fourth-order valence-electron chi connectivity index (χ4n) is 4.83. The van der Waals surface area contributed by atoms with E-state index in [-0.39, 0.29) is 29.0 Å². The minimum atomic E-state index is -0.243. The number of carbonyl (C=O) groups is 2. The second-order valence-electron chi connectivity index (χ2n) is 10.4. The number of fused-ring (bicyclic) bond motifs is 1. The van der Waals surface area contributed by atoms with E-state index < -0.39 is 0 Å². The lowest BCUT2D eigenvalue weighted by molar-refractivity contribution is -0.130. The Morgan fingerprint density at radius 3 is 2.46 bits per heavy atom. The molecule has 6 nitrogen and oxygen atoms in total. The van der Waals surface area contributed by atoms with Crippen molar-refractivity contribution in [1.29, 1.82) is 0 Å². The predicted molar refractivity (Wildman–Crippen MR) is 144 cm³/mol. The van der Waals surface area contributed by atoms with Crippen LogP contribution >= 0.6 is 23.1 Å². The van der Waals surface area contributed by atoms with Crippen molar-refractivity contribution >= 4 is 40.7 Å². The summed E-state index contributed by atoms with van der Waals surface area (Å²) in [6.07, 6.45) is 2.05. The van der Waals surface area contributed by atoms with Crippen LogP contribution in [0.3, 0.4) is 0 Å². The van der Waals surface area contributed by atoms with Crippen molar-refractivity contribution in [2.45, 2.75) is 51.2 Å². The molecule has 1 fully saturated rings. The summed E-state index contributed by atoms with van der Waals surface area (Å²) in [4.78, 5) is 30.5. The molecule has 0 saturated carbocycles. The first kappa shape index (κ1) is 24.1. The third kappa shape index (κ3) is 4.66. The Balaban J connectivity index is 1.73. The zero-order valence-electron chi connectivity index (χ0n) is 20.8. The van der Waals surface area contributed by atoms with Crippen molar-refractivity contribution < 1.29 is 9.59 Å². The first-order valence-electron chi connectivity index (χ1n) is 12.2. The topological polar surface area (TPSA) is 58.4 Å². The van der Waals surface area contributed by atoms with Gasteiger partial charge in [-0.1, -0.05) is 38.5 Å². The smallest absolute Gasteiger partial charge is 0.242 e. The normalized spacial score (nSPS) is 18.6. The summed E-state index contributed by atoms with van der Waals surface area (Å²) in [5.41, 5.74) is 4.99. The van der Waals surface area contributed by atoms with Gasteiger partial charge in [-0.3, -0.25) is 14.5 Å². The van der Waals surface area contributed by atoms with E-state index >= 15 is 0 Å². The van der Waals surface area contributed by atoms with E-state index in [1.165, 1.54) is 5.56 Å². The van der Waals surface area contributed by atoms with E-state index in [1.54, 1.807) is 28.0 Å². The monoisotopic (exact) mass is 508 g/mol. The van der Waals surface area contributed by atoms with Crippen molar-refractivity contribution in [3.8, 4) is 5.69 Å². The fraction of sp³-hybridized carbons (Fsp3) is 0.444. The number of likely N-dealkylation sites (tertiary alicyclic amines) is 1. The number of thiophene rings is 1. The number of nitrogens with zero attached hydrogens (tertiary/aromatic N) is 4. The highest BCUT2D eigenvalue weighted by Gasteiger charge is 2.40. The molecule has 0 spiro atoms. The van der Waals surface area contributed by atoms with Gasteiger partial charge in [0.2, 0.25) is 11.8 Å². The standard InChI is InChI=1S/C27H32N4O2S2/c1-18-7-9-20(10-8-18)31-26-23(25(28-31)27(2,3)4)24(19-11-14-34-16-19)35-17-22(33)30(26)15-21(32)29-12-5-6-13-29/h7-11,14,16,24H,5-6,12-13,15,17H2,1-4H3. The average molecular weight is 509 g/mol. The molecule has 1 aromatic carbocycles. The van der Waals surface area contributed by atoms with Crippen LogP contribution in [0.4, 0.5) is 5.82 Å². The number of hydrogen-bond donors (Lipinski definition) is 0. The van der Waals surface area contributed by atoms with E-state index in [0.29, 0.717) is 5.75 Å². The van der Waals surface area contributed by atoms with Gasteiger partial charge in [-0.05, 0) is 54.3 Å². The Morgan fingerprint density at radius 1 is 1.11 bits per heavy atom. The van der Waals surface area contributed by atoms with Gasteiger partial charge < -0.3 is 4.90 Å². The number of hydrogen-bond acceptors (Lipinski definition) is 5. The molecular weight excluding hydrogens is 476 g/mol. The molecule has 2 amide bonds. The number of rotatable bonds is 4. The maximum absolute atomic E-state index is 13.6. The lowest BCUT2D eigenvalue weighted by Crippen LogP contribution is -2.43. The molecule has 1 unspecified atom stereocenters. The Hall–Kier alpha value is -2.58. The zero-order valence-corrected chi connectivity index (χ0v) is 22.4. The van der Waals surface area contributed by atoms with Crippen LogP contribution in [0.15, 0.2) is 41.1 Å². The molecule has 2 aliphatic rings. The van der Waals surface area contributed by atoms with Gasteiger partial charge in [-0.15, -0.1) is 11.8 Å². The average Bonchev–Trinajstić information content (AvgIpc) is 3.57. The highest BCUT2D eigenvalue weighted by atomic mass is 32.2. The Bertz CT molecular complexity index is 1220. The van der Waals surface area contributed by atoms with Gasteiger partial charge in [-0.2, -0.15) is 16.4 Å². The maximum atomic E-state index is 13.6. The summed E-state index contributed by atoms with van der Waals surface area (Å²) in [6.45, 7) is 10.1. The molecule has 1 saturated heterocycles. The van der Waals surface area contributed by atoms with Gasteiger partial charge in [0.25, 0.3) is 0 Å². The van der Waals surface area contributed by atoms with Crippen LogP contribution in [0.25, 0.3) is 5.69 Å². The van der Waals surface area contributed by atoms with E-state index in [9.17, 15) is 9.59 Å². The molecule has 0 aliphatic carbocycles. The summed E-state index contributed by atoms with van der Waals surface area (Å²) in [6, 6.07) is 10.3. The van der Waals surface area contributed by atoms with Gasteiger partial charge in [0.15, 0.2) is 0 Å². The summed E-state index contributed by atoms with van der Waals surface area (Å²) in [7, 11) is 0. The Labute approximate surface area is 215 Å². The van der Waals surface area contributed by atoms with Gasteiger partial charge >= 0.3 is 0 Å². The molecular formula is C27H32N4O2S2. The SMILES string of the molecule is Cc1ccc(-n2nc(C(C)(C)C)c3c2N(CC(=O)N2CCCC2)C(=O)CSC3c2ccsc2)cc1. The van der Waals surface area contributed by atoms with Crippen LogP contribution in [0.2, 0.25) is 0 Å². The molecule has 8 heteroatoms. The van der Waals surface area contributed by atoms with Crippen molar-refractivity contribution in [2.24, 2.45) is 0 Å². The molecule has 1 atom stereocenters. The first-order chi connectivity index (χ1) is 16.7. The van der Waals surface area contributed by atoms with Crippen molar-refractivity contribution in [2.75, 3.05) is 30.3 Å². The lowest BCUT2D eigenvalue weighted by Gasteiger charge is -2.26. The number of benzene rings is 1. The lowest BCUT2D eigenvalue weighted by atomic mass is 9.87. The number of aryl methyl sites for hydroxylation is 1. The molecule has 0 radical (unpaired) electrons. The zero-order chi connectivity index (χ0) is 24.7. The summed E-state index contributed by atoms with van der Waals surface area (Å²) in [5, 5.41) is 9.36. The highest BCUT2D eigenvalue weighted by molar-refractivity contribution is 8.00. The van der Waals surface area contributed by atoms with Crippen LogP contribution in [-0.4, -0.2) is 51.9 Å². The minimum absolute atomic E-state index is 0.00903. The number of aromatic nitrogens is 2. The van der Waals surface area contributed by atoms with Gasteiger partial charge in [0.1, 0.15) is 12.4 Å². The predicted octanol–water partition coefficient (Wildman–Crippen LogP) is 5.33. The van der Waals surface area contributed by atoms with Crippen LogP contribution in [0, 0.1) is 6.92 Å². The molecule has 5 rings (SSSR count). The van der Waals surface area contributed by atoms with Gasteiger partial charge in [-0.25, -0.2) is 4.68 Å². The van der Waals surface area contributed by atoms with Gasteiger partial charge in [0, 0.05) is 24.1 Å². The number of carbonyl (C=O) groups excluding carboxylic acids is 2. The van der Waals surface area contributed by atoms with Crippen LogP contribution in [-0.2, 0) is 15.0 Å². The van der Waals surface area contributed by atoms with Crippen molar-refractivity contribution in [3.63, 3.8) is 0 Å². The summed E-state index contributed by atoms with van der Waals surface area (Å²) in [5.74, 6) is 1.02. The molecule has 3 aromatic rings. The Morgan fingerprint density at radius 2 is 1.83 bits per heavy atom. The number of anilines is 1. The largest absolute Gasteiger partial charge is 0.341 e. The molecule has 2 aliphatic heterocycles. The molecule has 35 heavy (non-hydrogen) atoms. The van der Waals surface area contributed by atoms with Crippen LogP contribution in [0.5, 0.6) is 0 Å². The summed E-state index contributed by atoms with van der Waals surface area (Å²) >= 11 is 3.30. The third-order valence-corrected chi connectivity index (χ3v) is 8.63. The Kier molecular flexibility index (Phi) is 6.53. The molecule has 0 N–H and O–H groups in total. The second kappa shape index (κ2) is 9.47. The number of amides is 2. The fourth-order valence-corrected chi connectivity index (χ4v) is 6.79. The molecule has 4 heterocycles. The maximum Gasteiger partial charge on any atom is 0.242 e. The molecule has 0 bridgehead atoms. The first-order valence-corrected chi connectivity index (χ1v) is 14.2. The van der Waals surface area contributed by atoms with Crippen LogP contribution < -0.4 is 4.90 Å². The van der Waals surface area contributed by atoms with Crippen molar-refractivity contribution in [1.82, 2.24) is 14.7 Å². The van der Waals surface area contributed by atoms with Crippen molar-refractivity contribution in [3.05, 3.63) is 63.5 Å². The third-order valence-electron chi connectivity index (χ3n) is 6.68. The van der Waals surface area contributed by atoms with Gasteiger partial charge in [0.05, 0.1) is 22.4 Å². The number of thioether (sulfide) groups is 1. The quantitative estimate of drug-likeness (QED) is 0.478. The van der Waals surface area contributed by atoms with Crippen LogP contribution in [0.1, 0.15) is 61.2 Å². The van der Waals surface area contributed by atoms with E-state index in [1.807, 2.05) is 21.7 Å². The second-order valence-corrected chi connectivity index (χ2v) is 12.3.